The summed E-state index contributed by atoms with van der Waals surface area (Å²) in [6.45, 7) is 1.29. The predicted octanol–water partition coefficient (Wildman–Crippen LogP) is -4.59. The van der Waals surface area contributed by atoms with Gasteiger partial charge in [0.2, 0.25) is 0 Å². The Morgan fingerprint density at radius 3 is 1.89 bits per heavy atom. The molecule has 0 fully saturated rings. The summed E-state index contributed by atoms with van der Waals surface area (Å²) < 4.78 is 14.5. The molecular weight excluding hydrogens is 324 g/mol. The first-order valence-corrected chi connectivity index (χ1v) is 6.14. The number of phosphoric ester groups is 1. The number of hydrogen-bond donors (Lipinski definition) is 0. The third-order valence-corrected chi connectivity index (χ3v) is 2.58. The zero-order valence-corrected chi connectivity index (χ0v) is 16.3. The first-order chi connectivity index (χ1) is 7.20. The fourth-order valence-electron chi connectivity index (χ4n) is 0.962. The van der Waals surface area contributed by atoms with Gasteiger partial charge in [0.1, 0.15) is 7.82 Å². The summed E-state index contributed by atoms with van der Waals surface area (Å²) in [6, 6.07) is 2.33. The van der Waals surface area contributed by atoms with E-state index in [1.165, 1.54) is 19.1 Å². The molecule has 1 aromatic rings. The van der Waals surface area contributed by atoms with Gasteiger partial charge in [0.05, 0.1) is 10.0 Å². The average molecular weight is 329 g/mol. The summed E-state index contributed by atoms with van der Waals surface area (Å²) in [7, 11) is -5.23. The SMILES string of the molecule is CC(=O)c1cc(Cl)c(OP(=O)([O-])[O-])c(Cl)c1.[Na+].[Na+]. The Hall–Kier alpha value is 1.42. The smallest absolute Gasteiger partial charge is 0.780 e. The number of phosphoric acid groups is 1. The first kappa shape index (κ1) is 21.7. The Morgan fingerprint density at radius 2 is 1.61 bits per heavy atom. The number of carbonyl (C=O) groups is 1. The summed E-state index contributed by atoms with van der Waals surface area (Å²) in [6.07, 6.45) is 0. The summed E-state index contributed by atoms with van der Waals surface area (Å²) >= 11 is 11.2. The molecule has 18 heavy (non-hydrogen) atoms. The molecule has 0 spiro atoms. The molecule has 0 amide bonds. The Kier molecular flexibility index (Phi) is 10.4. The van der Waals surface area contributed by atoms with Crippen molar-refractivity contribution in [1.82, 2.24) is 0 Å². The van der Waals surface area contributed by atoms with E-state index in [-0.39, 0.29) is 80.5 Å². The monoisotopic (exact) mass is 328 g/mol. The van der Waals surface area contributed by atoms with Crippen LogP contribution in [-0.2, 0) is 4.57 Å². The van der Waals surface area contributed by atoms with Crippen molar-refractivity contribution in [2.24, 2.45) is 0 Å². The van der Waals surface area contributed by atoms with Crippen LogP contribution in [0.2, 0.25) is 10.0 Å². The van der Waals surface area contributed by atoms with E-state index in [1.807, 2.05) is 0 Å². The predicted molar refractivity (Wildman–Crippen MR) is 54.7 cm³/mol. The van der Waals surface area contributed by atoms with Crippen molar-refractivity contribution in [3.8, 4) is 5.75 Å². The fourth-order valence-corrected chi connectivity index (χ4v) is 2.05. The van der Waals surface area contributed by atoms with Crippen molar-refractivity contribution < 1.29 is 82.8 Å². The van der Waals surface area contributed by atoms with Crippen LogP contribution >= 0.6 is 31.0 Å². The van der Waals surface area contributed by atoms with Crippen molar-refractivity contribution in [1.29, 1.82) is 0 Å². The Morgan fingerprint density at radius 1 is 1.22 bits per heavy atom. The van der Waals surface area contributed by atoms with Crippen LogP contribution in [0.15, 0.2) is 12.1 Å². The number of carbonyl (C=O) groups excluding carboxylic acids is 1. The standard InChI is InChI=1S/C8H7Cl2O5P.2Na/c1-4(11)5-2-6(9)8(7(10)3-5)15-16(12,13)14;;/h2-3H,1H3,(H2,12,13,14);;/q;2*+1/p-2. The molecule has 0 bridgehead atoms. The molecule has 5 nitrogen and oxygen atoms in total. The molecule has 0 heterocycles. The van der Waals surface area contributed by atoms with Gasteiger partial charge in [-0.05, 0) is 19.1 Å². The van der Waals surface area contributed by atoms with Crippen LogP contribution in [-0.4, -0.2) is 5.78 Å². The van der Waals surface area contributed by atoms with Gasteiger partial charge in [-0.2, -0.15) is 0 Å². The number of ketones is 1. The second-order valence-electron chi connectivity index (χ2n) is 2.86. The minimum Gasteiger partial charge on any atom is -0.780 e. The summed E-state index contributed by atoms with van der Waals surface area (Å²) in [5.41, 5.74) is 0.189. The molecule has 88 valence electrons. The molecule has 0 radical (unpaired) electrons. The molecule has 1 aromatic carbocycles. The topological polar surface area (TPSA) is 89.5 Å². The van der Waals surface area contributed by atoms with Crippen LogP contribution in [0, 0.1) is 0 Å². The molecule has 0 aliphatic heterocycles. The number of Topliss-reactive ketones (excluding diaryl/α,β-unsaturated/α-hetero) is 1. The van der Waals surface area contributed by atoms with E-state index >= 15 is 0 Å². The quantitative estimate of drug-likeness (QED) is 0.316. The van der Waals surface area contributed by atoms with Gasteiger partial charge < -0.3 is 18.9 Å². The van der Waals surface area contributed by atoms with Crippen LogP contribution in [0.5, 0.6) is 5.75 Å². The maximum Gasteiger partial charge on any atom is 1.00 e. The minimum atomic E-state index is -5.23. The minimum absolute atomic E-state index is 0. The molecule has 0 saturated heterocycles. The zero-order valence-electron chi connectivity index (χ0n) is 9.90. The zero-order chi connectivity index (χ0) is 12.5. The van der Waals surface area contributed by atoms with Gasteiger partial charge in [-0.1, -0.05) is 23.2 Å². The Bertz CT molecular complexity index is 467. The summed E-state index contributed by atoms with van der Waals surface area (Å²) in [5.74, 6) is -0.774. The maximum atomic E-state index is 11.0. The fraction of sp³-hybridized carbons (Fsp3) is 0.125. The van der Waals surface area contributed by atoms with Gasteiger partial charge in [0.25, 0.3) is 0 Å². The molecule has 0 N–H and O–H groups in total. The van der Waals surface area contributed by atoms with Crippen LogP contribution in [0.1, 0.15) is 17.3 Å². The number of rotatable bonds is 3. The van der Waals surface area contributed by atoms with Gasteiger partial charge >= 0.3 is 59.1 Å². The Balaban J connectivity index is 0. The van der Waals surface area contributed by atoms with E-state index in [9.17, 15) is 19.1 Å². The van der Waals surface area contributed by atoms with Crippen molar-refractivity contribution in [3.05, 3.63) is 27.7 Å². The number of hydrogen-bond acceptors (Lipinski definition) is 5. The van der Waals surface area contributed by atoms with Gasteiger partial charge in [-0.3, -0.25) is 4.79 Å². The van der Waals surface area contributed by atoms with E-state index in [2.05, 4.69) is 4.52 Å². The second-order valence-corrected chi connectivity index (χ2v) is 4.76. The molecule has 10 heteroatoms. The molecule has 0 saturated carbocycles. The third-order valence-electron chi connectivity index (χ3n) is 1.61. The van der Waals surface area contributed by atoms with Crippen LogP contribution in [0.3, 0.4) is 0 Å². The third kappa shape index (κ3) is 6.73. The largest absolute Gasteiger partial charge is 1.00 e. The molecule has 0 aromatic heterocycles. The second kappa shape index (κ2) is 8.65. The van der Waals surface area contributed by atoms with Crippen molar-refractivity contribution in [2.45, 2.75) is 6.92 Å². The molecule has 0 atom stereocenters. The molecule has 1 rings (SSSR count). The number of benzene rings is 1. The Labute approximate surface area is 158 Å². The normalized spacial score (nSPS) is 10.1. The molecule has 0 unspecified atom stereocenters. The first-order valence-electron chi connectivity index (χ1n) is 3.92. The van der Waals surface area contributed by atoms with E-state index in [1.54, 1.807) is 0 Å². The van der Waals surface area contributed by atoms with Gasteiger partial charge in [0.15, 0.2) is 11.5 Å². The number of halogens is 2. The van der Waals surface area contributed by atoms with Gasteiger partial charge in [-0.25, -0.2) is 0 Å². The summed E-state index contributed by atoms with van der Waals surface area (Å²) in [5, 5.41) is -0.436. The van der Waals surface area contributed by atoms with Crippen molar-refractivity contribution in [3.63, 3.8) is 0 Å². The van der Waals surface area contributed by atoms with E-state index in [0.717, 1.165) is 0 Å². The van der Waals surface area contributed by atoms with Crippen molar-refractivity contribution >= 4 is 36.8 Å². The van der Waals surface area contributed by atoms with E-state index in [0.29, 0.717) is 0 Å². The van der Waals surface area contributed by atoms with Crippen LogP contribution < -0.4 is 73.4 Å². The summed E-state index contributed by atoms with van der Waals surface area (Å²) in [4.78, 5) is 31.8. The average Bonchev–Trinajstić information content (AvgIpc) is 2.09. The van der Waals surface area contributed by atoms with Crippen LogP contribution in [0.25, 0.3) is 0 Å². The van der Waals surface area contributed by atoms with E-state index < -0.39 is 13.6 Å². The van der Waals surface area contributed by atoms with Gasteiger partial charge in [0, 0.05) is 5.56 Å². The van der Waals surface area contributed by atoms with E-state index in [4.69, 9.17) is 23.2 Å². The van der Waals surface area contributed by atoms with Crippen LogP contribution in [0.4, 0.5) is 0 Å². The molecule has 0 aliphatic carbocycles. The molecule has 0 aliphatic rings. The van der Waals surface area contributed by atoms with Crippen molar-refractivity contribution in [2.75, 3.05) is 0 Å². The maximum absolute atomic E-state index is 11.0. The molecular formula is C8H5Cl2Na2O5P. The van der Waals surface area contributed by atoms with Gasteiger partial charge in [-0.15, -0.1) is 0 Å².